The molecule has 0 N–H and O–H groups in total. The number of aryl methyl sites for hydroxylation is 1. The van der Waals surface area contributed by atoms with Gasteiger partial charge in [-0.2, -0.15) is 9.40 Å². The van der Waals surface area contributed by atoms with E-state index in [0.717, 1.165) is 30.6 Å². The van der Waals surface area contributed by atoms with Crippen LogP contribution in [0.25, 0.3) is 0 Å². The third-order valence-electron chi connectivity index (χ3n) is 4.75. The molecule has 0 amide bonds. The molecule has 24 heavy (non-hydrogen) atoms. The van der Waals surface area contributed by atoms with Crippen LogP contribution in [0, 0.1) is 0 Å². The zero-order valence-electron chi connectivity index (χ0n) is 14.5. The lowest BCUT2D eigenvalue weighted by Gasteiger charge is -2.25. The SMILES string of the molecule is CCn1nccc1C1CCCN1S(=O)(=O)c1ccc(C(C)C)cc1. The van der Waals surface area contributed by atoms with Crippen LogP contribution < -0.4 is 0 Å². The zero-order valence-corrected chi connectivity index (χ0v) is 15.3. The predicted octanol–water partition coefficient (Wildman–Crippen LogP) is 3.55. The van der Waals surface area contributed by atoms with E-state index < -0.39 is 10.0 Å². The Morgan fingerprint density at radius 2 is 1.92 bits per heavy atom. The number of sulfonamides is 1. The number of rotatable bonds is 5. The molecule has 1 saturated heterocycles. The Morgan fingerprint density at radius 3 is 2.54 bits per heavy atom. The summed E-state index contributed by atoms with van der Waals surface area (Å²) in [5.74, 6) is 0.389. The van der Waals surface area contributed by atoms with Crippen molar-refractivity contribution in [1.82, 2.24) is 14.1 Å². The summed E-state index contributed by atoms with van der Waals surface area (Å²) >= 11 is 0. The molecule has 0 aliphatic carbocycles. The number of hydrogen-bond donors (Lipinski definition) is 0. The molecule has 2 aromatic rings. The molecule has 2 heterocycles. The second-order valence-electron chi connectivity index (χ2n) is 6.57. The number of nitrogens with zero attached hydrogens (tertiary/aromatic N) is 3. The molecule has 130 valence electrons. The van der Waals surface area contributed by atoms with Crippen LogP contribution in [0.3, 0.4) is 0 Å². The highest BCUT2D eigenvalue weighted by Crippen LogP contribution is 2.36. The second kappa shape index (κ2) is 6.69. The zero-order chi connectivity index (χ0) is 17.3. The Labute approximate surface area is 144 Å². The summed E-state index contributed by atoms with van der Waals surface area (Å²) in [6, 6.07) is 9.11. The Kier molecular flexibility index (Phi) is 4.78. The molecule has 3 rings (SSSR count). The lowest BCUT2D eigenvalue weighted by atomic mass is 10.0. The molecule has 1 aliphatic heterocycles. The fourth-order valence-electron chi connectivity index (χ4n) is 3.37. The Hall–Kier alpha value is -1.66. The first-order chi connectivity index (χ1) is 11.4. The van der Waals surface area contributed by atoms with Crippen LogP contribution in [-0.4, -0.2) is 29.0 Å². The topological polar surface area (TPSA) is 55.2 Å². The highest BCUT2D eigenvalue weighted by Gasteiger charge is 2.37. The van der Waals surface area contributed by atoms with E-state index in [9.17, 15) is 8.42 Å². The summed E-state index contributed by atoms with van der Waals surface area (Å²) in [6.07, 6.45) is 3.47. The van der Waals surface area contributed by atoms with E-state index in [-0.39, 0.29) is 6.04 Å². The summed E-state index contributed by atoms with van der Waals surface area (Å²) in [4.78, 5) is 0.376. The van der Waals surface area contributed by atoms with Gasteiger partial charge in [-0.1, -0.05) is 26.0 Å². The van der Waals surface area contributed by atoms with Crippen molar-refractivity contribution in [1.29, 1.82) is 0 Å². The van der Waals surface area contributed by atoms with Crippen molar-refractivity contribution in [3.8, 4) is 0 Å². The molecular weight excluding hydrogens is 322 g/mol. The average Bonchev–Trinajstić information content (AvgIpc) is 3.23. The largest absolute Gasteiger partial charge is 0.268 e. The number of benzene rings is 1. The standard InChI is InChI=1S/C18H25N3O2S/c1-4-20-17(11-12-19-20)18-6-5-13-21(18)24(22,23)16-9-7-15(8-10-16)14(2)3/h7-12,14,18H,4-6,13H2,1-3H3. The van der Waals surface area contributed by atoms with Crippen LogP contribution >= 0.6 is 0 Å². The van der Waals surface area contributed by atoms with Gasteiger partial charge < -0.3 is 0 Å². The smallest absolute Gasteiger partial charge is 0.243 e. The second-order valence-corrected chi connectivity index (χ2v) is 8.46. The quantitative estimate of drug-likeness (QED) is 0.831. The minimum Gasteiger partial charge on any atom is -0.268 e. The van der Waals surface area contributed by atoms with E-state index in [2.05, 4.69) is 18.9 Å². The summed E-state index contributed by atoms with van der Waals surface area (Å²) in [5, 5.41) is 4.29. The fourth-order valence-corrected chi connectivity index (χ4v) is 5.04. The van der Waals surface area contributed by atoms with Gasteiger partial charge in [0.15, 0.2) is 0 Å². The van der Waals surface area contributed by atoms with Gasteiger partial charge in [-0.15, -0.1) is 0 Å². The third-order valence-corrected chi connectivity index (χ3v) is 6.67. The lowest BCUT2D eigenvalue weighted by molar-refractivity contribution is 0.376. The first-order valence-electron chi connectivity index (χ1n) is 8.58. The van der Waals surface area contributed by atoms with Gasteiger partial charge in [0.1, 0.15) is 0 Å². The van der Waals surface area contributed by atoms with Gasteiger partial charge in [-0.05, 0) is 49.4 Å². The van der Waals surface area contributed by atoms with Gasteiger partial charge in [-0.25, -0.2) is 8.42 Å². The van der Waals surface area contributed by atoms with Crippen molar-refractivity contribution in [3.63, 3.8) is 0 Å². The summed E-state index contributed by atoms with van der Waals surface area (Å²) in [6.45, 7) is 7.54. The lowest BCUT2D eigenvalue weighted by Crippen LogP contribution is -2.31. The van der Waals surface area contributed by atoms with E-state index in [1.165, 1.54) is 0 Å². The van der Waals surface area contributed by atoms with E-state index in [0.29, 0.717) is 17.4 Å². The normalized spacial score (nSPS) is 19.2. The van der Waals surface area contributed by atoms with Crippen molar-refractivity contribution in [3.05, 3.63) is 47.8 Å². The highest BCUT2D eigenvalue weighted by molar-refractivity contribution is 7.89. The summed E-state index contributed by atoms with van der Waals surface area (Å²) in [5.41, 5.74) is 2.13. The van der Waals surface area contributed by atoms with Crippen molar-refractivity contribution in [2.24, 2.45) is 0 Å². The highest BCUT2D eigenvalue weighted by atomic mass is 32.2. The molecule has 0 radical (unpaired) electrons. The molecule has 1 fully saturated rings. The van der Waals surface area contributed by atoms with Gasteiger partial charge in [0.05, 0.1) is 16.6 Å². The van der Waals surface area contributed by atoms with Crippen LogP contribution in [0.1, 0.15) is 56.8 Å². The van der Waals surface area contributed by atoms with Crippen molar-refractivity contribution in [2.45, 2.75) is 57.0 Å². The molecule has 1 aliphatic rings. The molecule has 1 aromatic carbocycles. The van der Waals surface area contributed by atoms with Gasteiger partial charge in [0.25, 0.3) is 0 Å². The van der Waals surface area contributed by atoms with Gasteiger partial charge >= 0.3 is 0 Å². The number of hydrogen-bond acceptors (Lipinski definition) is 3. The minimum atomic E-state index is -3.49. The van der Waals surface area contributed by atoms with Crippen LogP contribution in [0.2, 0.25) is 0 Å². The predicted molar refractivity (Wildman–Crippen MR) is 94.3 cm³/mol. The van der Waals surface area contributed by atoms with Crippen LogP contribution in [0.15, 0.2) is 41.4 Å². The molecule has 0 spiro atoms. The molecule has 0 bridgehead atoms. The van der Waals surface area contributed by atoms with Gasteiger partial charge in [0, 0.05) is 19.3 Å². The van der Waals surface area contributed by atoms with E-state index in [4.69, 9.17) is 0 Å². The van der Waals surface area contributed by atoms with Crippen molar-refractivity contribution >= 4 is 10.0 Å². The molecule has 0 saturated carbocycles. The molecular formula is C18H25N3O2S. The molecule has 1 atom stereocenters. The van der Waals surface area contributed by atoms with E-state index in [1.807, 2.05) is 29.8 Å². The Bertz CT molecular complexity index is 794. The maximum absolute atomic E-state index is 13.1. The Morgan fingerprint density at radius 1 is 1.21 bits per heavy atom. The van der Waals surface area contributed by atoms with Crippen LogP contribution in [0.5, 0.6) is 0 Å². The van der Waals surface area contributed by atoms with E-state index >= 15 is 0 Å². The first-order valence-corrected chi connectivity index (χ1v) is 10.0. The molecule has 5 nitrogen and oxygen atoms in total. The first kappa shape index (κ1) is 17.2. The maximum atomic E-state index is 13.1. The van der Waals surface area contributed by atoms with Crippen molar-refractivity contribution in [2.75, 3.05) is 6.54 Å². The number of aromatic nitrogens is 2. The molecule has 6 heteroatoms. The van der Waals surface area contributed by atoms with Crippen LogP contribution in [0.4, 0.5) is 0 Å². The Balaban J connectivity index is 1.93. The minimum absolute atomic E-state index is 0.123. The van der Waals surface area contributed by atoms with Gasteiger partial charge in [0.2, 0.25) is 10.0 Å². The monoisotopic (exact) mass is 347 g/mol. The summed E-state index contributed by atoms with van der Waals surface area (Å²) < 4.78 is 29.8. The summed E-state index contributed by atoms with van der Waals surface area (Å²) in [7, 11) is -3.49. The third kappa shape index (κ3) is 3.00. The van der Waals surface area contributed by atoms with Crippen molar-refractivity contribution < 1.29 is 8.42 Å². The maximum Gasteiger partial charge on any atom is 0.243 e. The average molecular weight is 347 g/mol. The van der Waals surface area contributed by atoms with Crippen LogP contribution in [-0.2, 0) is 16.6 Å². The van der Waals surface area contributed by atoms with E-state index in [1.54, 1.807) is 22.6 Å². The molecule has 1 aromatic heterocycles. The molecule has 1 unspecified atom stereocenters. The fraction of sp³-hybridized carbons (Fsp3) is 0.500. The van der Waals surface area contributed by atoms with Gasteiger partial charge in [-0.3, -0.25) is 4.68 Å².